The molecule has 1 saturated heterocycles. The SMILES string of the molecule is CC[NH+](CC)CCCCCCCCC1CO1.[Cl-]. The Bertz CT molecular complexity index is 158. The van der Waals surface area contributed by atoms with Crippen molar-refractivity contribution in [2.75, 3.05) is 26.2 Å². The minimum atomic E-state index is 0. The van der Waals surface area contributed by atoms with Crippen LogP contribution in [0.2, 0.25) is 0 Å². The van der Waals surface area contributed by atoms with Gasteiger partial charge in [-0.05, 0) is 33.1 Å². The van der Waals surface area contributed by atoms with Crippen molar-refractivity contribution in [3.05, 3.63) is 0 Å². The number of halogens is 1. The third-order valence-corrected chi connectivity index (χ3v) is 3.71. The van der Waals surface area contributed by atoms with Crippen LogP contribution in [-0.4, -0.2) is 32.3 Å². The van der Waals surface area contributed by atoms with Crippen LogP contribution in [-0.2, 0) is 4.74 Å². The summed E-state index contributed by atoms with van der Waals surface area (Å²) in [6.45, 7) is 9.57. The molecule has 2 nitrogen and oxygen atoms in total. The van der Waals surface area contributed by atoms with Gasteiger partial charge >= 0.3 is 0 Å². The topological polar surface area (TPSA) is 17.0 Å². The van der Waals surface area contributed by atoms with Crippen LogP contribution < -0.4 is 17.3 Å². The first-order chi connectivity index (χ1) is 7.86. The molecule has 1 fully saturated rings. The van der Waals surface area contributed by atoms with Crippen LogP contribution in [0, 0.1) is 0 Å². The second kappa shape index (κ2) is 11.3. The first kappa shape index (κ1) is 17.2. The van der Waals surface area contributed by atoms with E-state index in [1.165, 1.54) is 64.6 Å². The summed E-state index contributed by atoms with van der Waals surface area (Å²) in [5, 5.41) is 0. The summed E-state index contributed by atoms with van der Waals surface area (Å²) in [4.78, 5) is 1.76. The number of epoxide rings is 1. The van der Waals surface area contributed by atoms with Gasteiger partial charge in [-0.3, -0.25) is 0 Å². The van der Waals surface area contributed by atoms with Crippen molar-refractivity contribution in [2.24, 2.45) is 0 Å². The van der Waals surface area contributed by atoms with E-state index in [1.54, 1.807) is 4.90 Å². The number of unbranched alkanes of at least 4 members (excludes halogenated alkanes) is 5. The lowest BCUT2D eigenvalue weighted by molar-refractivity contribution is -0.896. The standard InChI is InChI=1S/C14H29NO.ClH/c1-3-15(4-2)12-10-8-6-5-7-9-11-14-13-16-14;/h14H,3-13H2,1-2H3;1H. The van der Waals surface area contributed by atoms with Gasteiger partial charge in [0, 0.05) is 0 Å². The summed E-state index contributed by atoms with van der Waals surface area (Å²) < 4.78 is 5.20. The molecule has 17 heavy (non-hydrogen) atoms. The maximum Gasteiger partial charge on any atom is 0.0810 e. The van der Waals surface area contributed by atoms with E-state index in [9.17, 15) is 0 Å². The van der Waals surface area contributed by atoms with Gasteiger partial charge in [0.2, 0.25) is 0 Å². The van der Waals surface area contributed by atoms with Gasteiger partial charge in [-0.1, -0.05) is 25.7 Å². The van der Waals surface area contributed by atoms with Crippen molar-refractivity contribution >= 4 is 0 Å². The minimum Gasteiger partial charge on any atom is -1.00 e. The molecule has 1 aliphatic rings. The van der Waals surface area contributed by atoms with E-state index >= 15 is 0 Å². The van der Waals surface area contributed by atoms with Gasteiger partial charge in [-0.2, -0.15) is 0 Å². The average Bonchev–Trinajstić information content (AvgIpc) is 3.11. The fourth-order valence-corrected chi connectivity index (χ4v) is 2.29. The van der Waals surface area contributed by atoms with Crippen molar-refractivity contribution in [1.29, 1.82) is 0 Å². The Kier molecular flexibility index (Phi) is 11.4. The Labute approximate surface area is 114 Å². The zero-order valence-corrected chi connectivity index (χ0v) is 12.4. The summed E-state index contributed by atoms with van der Waals surface area (Å²) >= 11 is 0. The Morgan fingerprint density at radius 1 is 0.941 bits per heavy atom. The summed E-state index contributed by atoms with van der Waals surface area (Å²) in [6, 6.07) is 0. The molecule has 1 N–H and O–H groups in total. The first-order valence-corrected chi connectivity index (χ1v) is 7.32. The van der Waals surface area contributed by atoms with Crippen LogP contribution in [0.5, 0.6) is 0 Å². The molecule has 1 rings (SSSR count). The molecule has 1 heterocycles. The maximum atomic E-state index is 5.20. The predicted octanol–water partition coefficient (Wildman–Crippen LogP) is -0.955. The molecule has 1 aliphatic heterocycles. The predicted molar refractivity (Wildman–Crippen MR) is 69.0 cm³/mol. The third-order valence-electron chi connectivity index (χ3n) is 3.71. The van der Waals surface area contributed by atoms with Gasteiger partial charge < -0.3 is 22.0 Å². The number of nitrogens with one attached hydrogen (secondary N) is 1. The first-order valence-electron chi connectivity index (χ1n) is 7.32. The van der Waals surface area contributed by atoms with E-state index in [4.69, 9.17) is 4.74 Å². The molecule has 0 aliphatic carbocycles. The molecule has 1 unspecified atom stereocenters. The van der Waals surface area contributed by atoms with Gasteiger partial charge in [0.15, 0.2) is 0 Å². The van der Waals surface area contributed by atoms with Crippen molar-refractivity contribution in [3.63, 3.8) is 0 Å². The second-order valence-corrected chi connectivity index (χ2v) is 5.07. The molecule has 0 saturated carbocycles. The summed E-state index contributed by atoms with van der Waals surface area (Å²) in [5.41, 5.74) is 0. The minimum absolute atomic E-state index is 0. The Balaban J connectivity index is 0.00000256. The van der Waals surface area contributed by atoms with Crippen LogP contribution in [0.15, 0.2) is 0 Å². The fourth-order valence-electron chi connectivity index (χ4n) is 2.29. The smallest absolute Gasteiger partial charge is 0.0810 e. The highest BCUT2D eigenvalue weighted by atomic mass is 35.5. The van der Waals surface area contributed by atoms with Gasteiger partial charge in [-0.25, -0.2) is 0 Å². The molecule has 3 heteroatoms. The highest BCUT2D eigenvalue weighted by molar-refractivity contribution is 4.68. The zero-order valence-electron chi connectivity index (χ0n) is 11.6. The van der Waals surface area contributed by atoms with E-state index in [0.717, 1.165) is 6.61 Å². The molecule has 0 spiro atoms. The molecule has 0 amide bonds. The van der Waals surface area contributed by atoms with Crippen molar-refractivity contribution in [1.82, 2.24) is 0 Å². The summed E-state index contributed by atoms with van der Waals surface area (Å²) in [6.07, 6.45) is 10.5. The summed E-state index contributed by atoms with van der Waals surface area (Å²) in [5.74, 6) is 0. The van der Waals surface area contributed by atoms with Crippen molar-refractivity contribution < 1.29 is 22.0 Å². The lowest BCUT2D eigenvalue weighted by atomic mass is 10.1. The molecule has 1 atom stereocenters. The lowest BCUT2D eigenvalue weighted by Gasteiger charge is -2.14. The number of hydrogen-bond acceptors (Lipinski definition) is 1. The normalized spacial score (nSPS) is 18.2. The fraction of sp³-hybridized carbons (Fsp3) is 1.00. The largest absolute Gasteiger partial charge is 1.00 e. The van der Waals surface area contributed by atoms with Crippen LogP contribution >= 0.6 is 0 Å². The summed E-state index contributed by atoms with van der Waals surface area (Å²) in [7, 11) is 0. The monoisotopic (exact) mass is 263 g/mol. The van der Waals surface area contributed by atoms with Gasteiger partial charge in [0.05, 0.1) is 32.3 Å². The van der Waals surface area contributed by atoms with E-state index in [-0.39, 0.29) is 12.4 Å². The average molecular weight is 264 g/mol. The van der Waals surface area contributed by atoms with E-state index in [2.05, 4.69) is 13.8 Å². The lowest BCUT2D eigenvalue weighted by Crippen LogP contribution is -3.11. The van der Waals surface area contributed by atoms with Gasteiger partial charge in [-0.15, -0.1) is 0 Å². The van der Waals surface area contributed by atoms with Gasteiger partial charge in [0.1, 0.15) is 0 Å². The highest BCUT2D eigenvalue weighted by Crippen LogP contribution is 2.17. The molecule has 0 aromatic rings. The number of rotatable bonds is 11. The number of quaternary nitrogens is 1. The Morgan fingerprint density at radius 2 is 1.47 bits per heavy atom. The van der Waals surface area contributed by atoms with Crippen LogP contribution in [0.3, 0.4) is 0 Å². The quantitative estimate of drug-likeness (QED) is 0.376. The number of ether oxygens (including phenoxy) is 1. The molecule has 0 aromatic heterocycles. The Morgan fingerprint density at radius 3 is 2.00 bits per heavy atom. The highest BCUT2D eigenvalue weighted by Gasteiger charge is 2.20. The molecule has 0 bridgehead atoms. The zero-order chi connectivity index (χ0) is 11.6. The Hall–Kier alpha value is 0.210. The van der Waals surface area contributed by atoms with Crippen LogP contribution in [0.4, 0.5) is 0 Å². The molecular formula is C14H30ClNO. The maximum absolute atomic E-state index is 5.20. The number of hydrogen-bond donors (Lipinski definition) is 1. The van der Waals surface area contributed by atoms with Crippen LogP contribution in [0.1, 0.15) is 58.8 Å². The molecule has 0 aromatic carbocycles. The van der Waals surface area contributed by atoms with Gasteiger partial charge in [0.25, 0.3) is 0 Å². The molecular weight excluding hydrogens is 234 g/mol. The van der Waals surface area contributed by atoms with Crippen LogP contribution in [0.25, 0.3) is 0 Å². The molecule has 104 valence electrons. The van der Waals surface area contributed by atoms with Crippen molar-refractivity contribution in [3.8, 4) is 0 Å². The van der Waals surface area contributed by atoms with E-state index < -0.39 is 0 Å². The van der Waals surface area contributed by atoms with Crippen molar-refractivity contribution in [2.45, 2.75) is 64.9 Å². The second-order valence-electron chi connectivity index (χ2n) is 5.07. The molecule has 0 radical (unpaired) electrons. The van der Waals surface area contributed by atoms with E-state index in [0.29, 0.717) is 6.10 Å². The van der Waals surface area contributed by atoms with E-state index in [1.807, 2.05) is 0 Å². The third kappa shape index (κ3) is 9.87.